The van der Waals surface area contributed by atoms with E-state index in [2.05, 4.69) is 4.98 Å². The van der Waals surface area contributed by atoms with Gasteiger partial charge in [-0.2, -0.15) is 0 Å². The smallest absolute Gasteiger partial charge is 0.0707 e. The van der Waals surface area contributed by atoms with Crippen molar-refractivity contribution in [3.63, 3.8) is 0 Å². The van der Waals surface area contributed by atoms with E-state index in [9.17, 15) is 0 Å². The van der Waals surface area contributed by atoms with Crippen molar-refractivity contribution in [2.24, 2.45) is 0 Å². The molecule has 0 unspecified atom stereocenters. The molecule has 0 fully saturated rings. The molecule has 2 nitrogen and oxygen atoms in total. The number of fused-ring (bicyclic) bond motifs is 1. The average molecular weight is 266 g/mol. The highest BCUT2D eigenvalue weighted by atomic mass is 35.5. The molecule has 0 aliphatic carbocycles. The van der Waals surface area contributed by atoms with E-state index in [0.29, 0.717) is 5.88 Å². The van der Waals surface area contributed by atoms with Gasteiger partial charge in [0.2, 0.25) is 0 Å². The van der Waals surface area contributed by atoms with E-state index in [4.69, 9.17) is 17.3 Å². The maximum absolute atomic E-state index is 5.67. The SMILES string of the molecule is Cl.Cl.Nc1ccc2nc(CCl)ccc2c1. The largest absolute Gasteiger partial charge is 0.399 e. The zero-order valence-corrected chi connectivity index (χ0v) is 10.2. The summed E-state index contributed by atoms with van der Waals surface area (Å²) in [6.45, 7) is 0. The summed E-state index contributed by atoms with van der Waals surface area (Å²) in [5.74, 6) is 0.445. The topological polar surface area (TPSA) is 38.9 Å². The Morgan fingerprint density at radius 1 is 1.13 bits per heavy atom. The van der Waals surface area contributed by atoms with Gasteiger partial charge in [0.05, 0.1) is 17.1 Å². The number of aromatic nitrogens is 1. The first-order valence-electron chi connectivity index (χ1n) is 4.01. The molecule has 1 aromatic heterocycles. The normalized spacial score (nSPS) is 9.13. The molecule has 15 heavy (non-hydrogen) atoms. The van der Waals surface area contributed by atoms with Crippen LogP contribution < -0.4 is 5.73 Å². The van der Waals surface area contributed by atoms with Gasteiger partial charge in [0, 0.05) is 11.1 Å². The maximum atomic E-state index is 5.67. The van der Waals surface area contributed by atoms with E-state index in [1.165, 1.54) is 0 Å². The van der Waals surface area contributed by atoms with Gasteiger partial charge in [-0.3, -0.25) is 4.98 Å². The predicted molar refractivity (Wildman–Crippen MR) is 70.2 cm³/mol. The summed E-state index contributed by atoms with van der Waals surface area (Å²) >= 11 is 5.67. The molecule has 0 amide bonds. The highest BCUT2D eigenvalue weighted by Crippen LogP contribution is 2.16. The second kappa shape index (κ2) is 6.01. The van der Waals surface area contributed by atoms with Gasteiger partial charge in [-0.15, -0.1) is 36.4 Å². The van der Waals surface area contributed by atoms with Crippen LogP contribution >= 0.6 is 36.4 Å². The second-order valence-electron chi connectivity index (χ2n) is 2.89. The molecule has 0 saturated carbocycles. The van der Waals surface area contributed by atoms with Crippen LogP contribution in [-0.2, 0) is 5.88 Å². The fourth-order valence-corrected chi connectivity index (χ4v) is 1.41. The standard InChI is InChI=1S/C10H9ClN2.2ClH/c11-6-9-3-1-7-5-8(12)2-4-10(7)13-9;;/h1-5H,6,12H2;2*1H. The molecular formula is C10H11Cl3N2. The number of alkyl halides is 1. The molecule has 2 rings (SSSR count). The Morgan fingerprint density at radius 3 is 2.53 bits per heavy atom. The van der Waals surface area contributed by atoms with Crippen molar-refractivity contribution in [2.45, 2.75) is 5.88 Å². The Kier molecular flexibility index (Phi) is 5.73. The molecule has 2 aromatic rings. The Morgan fingerprint density at radius 2 is 1.87 bits per heavy atom. The molecule has 5 heteroatoms. The van der Waals surface area contributed by atoms with Gasteiger partial charge in [-0.05, 0) is 24.3 Å². The minimum absolute atomic E-state index is 0. The number of pyridine rings is 1. The maximum Gasteiger partial charge on any atom is 0.0707 e. The Balaban J connectivity index is 0.000000980. The van der Waals surface area contributed by atoms with E-state index in [1.807, 2.05) is 30.3 Å². The third-order valence-electron chi connectivity index (χ3n) is 1.91. The minimum Gasteiger partial charge on any atom is -0.399 e. The summed E-state index contributed by atoms with van der Waals surface area (Å²) in [6.07, 6.45) is 0. The lowest BCUT2D eigenvalue weighted by Gasteiger charge is -2.00. The monoisotopic (exact) mass is 264 g/mol. The molecule has 82 valence electrons. The summed E-state index contributed by atoms with van der Waals surface area (Å²) < 4.78 is 0. The molecule has 0 radical (unpaired) electrons. The molecule has 0 spiro atoms. The number of hydrogen-bond acceptors (Lipinski definition) is 2. The van der Waals surface area contributed by atoms with Crippen LogP contribution in [0.2, 0.25) is 0 Å². The van der Waals surface area contributed by atoms with E-state index >= 15 is 0 Å². The van der Waals surface area contributed by atoms with Gasteiger partial charge in [0.25, 0.3) is 0 Å². The number of halogens is 3. The minimum atomic E-state index is 0. The third kappa shape index (κ3) is 3.13. The van der Waals surface area contributed by atoms with E-state index < -0.39 is 0 Å². The van der Waals surface area contributed by atoms with Crippen LogP contribution in [0.5, 0.6) is 0 Å². The molecule has 1 heterocycles. The highest BCUT2D eigenvalue weighted by Gasteiger charge is 1.97. The van der Waals surface area contributed by atoms with Crippen molar-refractivity contribution in [3.8, 4) is 0 Å². The molecule has 0 bridgehead atoms. The van der Waals surface area contributed by atoms with Crippen molar-refractivity contribution in [3.05, 3.63) is 36.0 Å². The van der Waals surface area contributed by atoms with Gasteiger partial charge in [-0.1, -0.05) is 6.07 Å². The van der Waals surface area contributed by atoms with E-state index in [0.717, 1.165) is 22.3 Å². The van der Waals surface area contributed by atoms with Crippen LogP contribution in [0.25, 0.3) is 10.9 Å². The van der Waals surface area contributed by atoms with Crippen molar-refractivity contribution >= 4 is 53.0 Å². The fraction of sp³-hybridized carbons (Fsp3) is 0.100. The fourth-order valence-electron chi connectivity index (χ4n) is 1.26. The first-order valence-corrected chi connectivity index (χ1v) is 4.54. The zero-order chi connectivity index (χ0) is 9.26. The van der Waals surface area contributed by atoms with Crippen LogP contribution in [0.3, 0.4) is 0 Å². The number of nitrogens with zero attached hydrogens (tertiary/aromatic N) is 1. The average Bonchev–Trinajstić information content (AvgIpc) is 2.17. The van der Waals surface area contributed by atoms with Crippen molar-refractivity contribution in [1.82, 2.24) is 4.98 Å². The van der Waals surface area contributed by atoms with Crippen LogP contribution in [0, 0.1) is 0 Å². The first-order chi connectivity index (χ1) is 6.29. The highest BCUT2D eigenvalue weighted by molar-refractivity contribution is 6.16. The molecule has 1 aromatic carbocycles. The van der Waals surface area contributed by atoms with Gasteiger partial charge in [0.15, 0.2) is 0 Å². The molecule has 0 saturated heterocycles. The molecule has 0 aliphatic heterocycles. The van der Waals surface area contributed by atoms with Crippen molar-refractivity contribution in [1.29, 1.82) is 0 Å². The number of nitrogens with two attached hydrogens (primary N) is 1. The molecular weight excluding hydrogens is 254 g/mol. The Hall–Kier alpha value is -0.700. The zero-order valence-electron chi connectivity index (χ0n) is 7.81. The number of hydrogen-bond donors (Lipinski definition) is 1. The van der Waals surface area contributed by atoms with E-state index in [1.54, 1.807) is 0 Å². The van der Waals surface area contributed by atoms with E-state index in [-0.39, 0.29) is 24.8 Å². The summed E-state index contributed by atoms with van der Waals surface area (Å²) in [7, 11) is 0. The van der Waals surface area contributed by atoms with Gasteiger partial charge >= 0.3 is 0 Å². The molecule has 0 atom stereocenters. The number of benzene rings is 1. The summed E-state index contributed by atoms with van der Waals surface area (Å²) in [5, 5.41) is 1.05. The van der Waals surface area contributed by atoms with Crippen LogP contribution in [0.4, 0.5) is 5.69 Å². The first kappa shape index (κ1) is 14.3. The lowest BCUT2D eigenvalue weighted by atomic mass is 10.2. The van der Waals surface area contributed by atoms with Gasteiger partial charge in [-0.25, -0.2) is 0 Å². The molecule has 0 aliphatic rings. The quantitative estimate of drug-likeness (QED) is 0.634. The summed E-state index contributed by atoms with van der Waals surface area (Å²) in [5.41, 5.74) is 8.22. The van der Waals surface area contributed by atoms with Gasteiger partial charge < -0.3 is 5.73 Å². The van der Waals surface area contributed by atoms with Crippen molar-refractivity contribution in [2.75, 3.05) is 5.73 Å². The third-order valence-corrected chi connectivity index (χ3v) is 2.18. The predicted octanol–water partition coefficient (Wildman–Crippen LogP) is 3.40. The lowest BCUT2D eigenvalue weighted by Crippen LogP contribution is -1.88. The van der Waals surface area contributed by atoms with Crippen LogP contribution in [-0.4, -0.2) is 4.98 Å². The second-order valence-corrected chi connectivity index (χ2v) is 3.16. The van der Waals surface area contributed by atoms with Crippen LogP contribution in [0.1, 0.15) is 5.69 Å². The Bertz CT molecular complexity index is 446. The van der Waals surface area contributed by atoms with Gasteiger partial charge in [0.1, 0.15) is 0 Å². The number of rotatable bonds is 1. The van der Waals surface area contributed by atoms with Crippen LogP contribution in [0.15, 0.2) is 30.3 Å². The number of nitrogen functional groups attached to an aromatic ring is 1. The summed E-state index contributed by atoms with van der Waals surface area (Å²) in [6, 6.07) is 9.54. The molecule has 2 N–H and O–H groups in total. The number of anilines is 1. The Labute approximate surface area is 106 Å². The van der Waals surface area contributed by atoms with Crippen molar-refractivity contribution < 1.29 is 0 Å². The lowest BCUT2D eigenvalue weighted by molar-refractivity contribution is 1.22. The summed E-state index contributed by atoms with van der Waals surface area (Å²) in [4.78, 5) is 4.35.